The number of hydrogen-bond acceptors (Lipinski definition) is 4. The predicted octanol–water partition coefficient (Wildman–Crippen LogP) is 1.86. The molecule has 17 heavy (non-hydrogen) atoms. The molecule has 0 N–H and O–H groups in total. The average Bonchev–Trinajstić information content (AvgIpc) is 2.34. The van der Waals surface area contributed by atoms with Crippen LogP contribution < -0.4 is 0 Å². The number of carbonyl (C=O) groups excluding carboxylic acids is 2. The van der Waals surface area contributed by atoms with Crippen molar-refractivity contribution >= 4 is 11.9 Å². The van der Waals surface area contributed by atoms with Crippen LogP contribution in [0, 0.1) is 11.8 Å². The van der Waals surface area contributed by atoms with Gasteiger partial charge in [0.15, 0.2) is 0 Å². The largest absolute Gasteiger partial charge is 0.469 e. The molecule has 1 rings (SSSR count). The van der Waals surface area contributed by atoms with Gasteiger partial charge in [-0.3, -0.25) is 4.79 Å². The number of allylic oxidation sites excluding steroid dienone is 1. The van der Waals surface area contributed by atoms with Crippen LogP contribution in [-0.2, 0) is 19.1 Å². The quantitative estimate of drug-likeness (QED) is 0.701. The summed E-state index contributed by atoms with van der Waals surface area (Å²) in [6.45, 7) is 4.23. The van der Waals surface area contributed by atoms with Crippen LogP contribution in [0.25, 0.3) is 0 Å². The minimum absolute atomic E-state index is 0.0587. The molecule has 4 nitrogen and oxygen atoms in total. The molecule has 0 heterocycles. The average molecular weight is 238 g/mol. The van der Waals surface area contributed by atoms with Crippen molar-refractivity contribution in [2.24, 2.45) is 11.8 Å². The zero-order valence-corrected chi connectivity index (χ0v) is 10.4. The van der Waals surface area contributed by atoms with E-state index in [1.54, 1.807) is 18.2 Å². The first kappa shape index (κ1) is 13.5. The summed E-state index contributed by atoms with van der Waals surface area (Å²) in [5.41, 5.74) is 0.506. The van der Waals surface area contributed by atoms with Crippen LogP contribution in [0.4, 0.5) is 0 Å². The molecule has 0 saturated carbocycles. The maximum Gasteiger partial charge on any atom is 0.337 e. The molecule has 94 valence electrons. The van der Waals surface area contributed by atoms with Gasteiger partial charge in [0.25, 0.3) is 0 Å². The SMILES string of the molecule is CCCOC(=O)C1=CC(C)C(C(=O)OC)C=C1. The molecule has 2 atom stereocenters. The standard InChI is InChI=1S/C13H18O4/c1-4-7-17-12(14)10-5-6-11(9(2)8-10)13(15)16-3/h5-6,8-9,11H,4,7H2,1-3H3. The maximum absolute atomic E-state index is 11.6. The highest BCUT2D eigenvalue weighted by molar-refractivity contribution is 5.92. The fourth-order valence-corrected chi connectivity index (χ4v) is 1.67. The first-order chi connectivity index (χ1) is 8.10. The predicted molar refractivity (Wildman–Crippen MR) is 63.1 cm³/mol. The highest BCUT2D eigenvalue weighted by atomic mass is 16.5. The molecule has 0 bridgehead atoms. The Kier molecular flexibility index (Phi) is 4.94. The van der Waals surface area contributed by atoms with Gasteiger partial charge in [-0.15, -0.1) is 0 Å². The van der Waals surface area contributed by atoms with Gasteiger partial charge in [0.2, 0.25) is 0 Å². The second-order valence-corrected chi connectivity index (χ2v) is 4.03. The van der Waals surface area contributed by atoms with E-state index in [1.165, 1.54) is 7.11 Å². The number of carbonyl (C=O) groups is 2. The fourth-order valence-electron chi connectivity index (χ4n) is 1.67. The van der Waals surface area contributed by atoms with Crippen molar-refractivity contribution in [2.45, 2.75) is 20.3 Å². The number of esters is 2. The van der Waals surface area contributed by atoms with Crippen molar-refractivity contribution < 1.29 is 19.1 Å². The van der Waals surface area contributed by atoms with E-state index < -0.39 is 0 Å². The van der Waals surface area contributed by atoms with Gasteiger partial charge in [0.05, 0.1) is 25.2 Å². The Bertz CT molecular complexity index is 354. The van der Waals surface area contributed by atoms with E-state index in [0.717, 1.165) is 6.42 Å². The summed E-state index contributed by atoms with van der Waals surface area (Å²) in [5.74, 6) is -0.997. The third kappa shape index (κ3) is 3.44. The molecule has 0 spiro atoms. The molecule has 0 saturated heterocycles. The van der Waals surface area contributed by atoms with Gasteiger partial charge in [-0.05, 0) is 12.3 Å². The zero-order valence-electron chi connectivity index (χ0n) is 10.4. The molecule has 0 aliphatic heterocycles. The summed E-state index contributed by atoms with van der Waals surface area (Å²) >= 11 is 0. The first-order valence-electron chi connectivity index (χ1n) is 5.75. The third-order valence-electron chi connectivity index (χ3n) is 2.64. The molecule has 4 heteroatoms. The minimum Gasteiger partial charge on any atom is -0.469 e. The van der Waals surface area contributed by atoms with E-state index >= 15 is 0 Å². The monoisotopic (exact) mass is 238 g/mol. The van der Waals surface area contributed by atoms with Crippen molar-refractivity contribution in [3.05, 3.63) is 23.8 Å². The van der Waals surface area contributed by atoms with Crippen LogP contribution in [0.15, 0.2) is 23.8 Å². The number of rotatable bonds is 4. The molecule has 0 aromatic heterocycles. The number of methoxy groups -OCH3 is 1. The Labute approximate surface area is 101 Å². The van der Waals surface area contributed by atoms with E-state index in [2.05, 4.69) is 4.74 Å². The molecule has 0 fully saturated rings. The highest BCUT2D eigenvalue weighted by Crippen LogP contribution is 2.24. The van der Waals surface area contributed by atoms with E-state index in [4.69, 9.17) is 4.74 Å². The van der Waals surface area contributed by atoms with Crippen molar-refractivity contribution in [1.82, 2.24) is 0 Å². The second kappa shape index (κ2) is 6.23. The lowest BCUT2D eigenvalue weighted by Gasteiger charge is -2.20. The van der Waals surface area contributed by atoms with Crippen molar-refractivity contribution in [3.8, 4) is 0 Å². The molecule has 0 aromatic carbocycles. The summed E-state index contributed by atoms with van der Waals surface area (Å²) in [4.78, 5) is 23.0. The Hall–Kier alpha value is -1.58. The molecule has 0 radical (unpaired) electrons. The van der Waals surface area contributed by atoms with Crippen molar-refractivity contribution in [1.29, 1.82) is 0 Å². The van der Waals surface area contributed by atoms with Crippen LogP contribution in [0.5, 0.6) is 0 Å². The molecule has 1 aliphatic carbocycles. The Morgan fingerprint density at radius 1 is 1.41 bits per heavy atom. The third-order valence-corrected chi connectivity index (χ3v) is 2.64. The summed E-state index contributed by atoms with van der Waals surface area (Å²) < 4.78 is 9.71. The van der Waals surface area contributed by atoms with Gasteiger partial charge in [-0.1, -0.05) is 32.1 Å². The van der Waals surface area contributed by atoms with Crippen LogP contribution in [-0.4, -0.2) is 25.7 Å². The highest BCUT2D eigenvalue weighted by Gasteiger charge is 2.26. The smallest absolute Gasteiger partial charge is 0.337 e. The maximum atomic E-state index is 11.6. The van der Waals surface area contributed by atoms with E-state index in [1.807, 2.05) is 13.8 Å². The molecular formula is C13H18O4. The zero-order chi connectivity index (χ0) is 12.8. The topological polar surface area (TPSA) is 52.6 Å². The number of ether oxygens (including phenoxy) is 2. The van der Waals surface area contributed by atoms with Gasteiger partial charge in [-0.25, -0.2) is 4.79 Å². The van der Waals surface area contributed by atoms with Crippen molar-refractivity contribution in [2.75, 3.05) is 13.7 Å². The van der Waals surface area contributed by atoms with Crippen LogP contribution in [0.2, 0.25) is 0 Å². The molecule has 0 aromatic rings. The lowest BCUT2D eigenvalue weighted by atomic mass is 9.87. The second-order valence-electron chi connectivity index (χ2n) is 4.03. The first-order valence-corrected chi connectivity index (χ1v) is 5.75. The summed E-state index contributed by atoms with van der Waals surface area (Å²) in [6, 6.07) is 0. The normalized spacial score (nSPS) is 22.9. The summed E-state index contributed by atoms with van der Waals surface area (Å²) in [5, 5.41) is 0. The van der Waals surface area contributed by atoms with Crippen LogP contribution in [0.1, 0.15) is 20.3 Å². The van der Waals surface area contributed by atoms with Gasteiger partial charge < -0.3 is 9.47 Å². The Morgan fingerprint density at radius 2 is 2.12 bits per heavy atom. The van der Waals surface area contributed by atoms with E-state index in [0.29, 0.717) is 12.2 Å². The Balaban J connectivity index is 2.66. The minimum atomic E-state index is -0.335. The van der Waals surface area contributed by atoms with Gasteiger partial charge in [0, 0.05) is 0 Å². The van der Waals surface area contributed by atoms with Crippen molar-refractivity contribution in [3.63, 3.8) is 0 Å². The van der Waals surface area contributed by atoms with Gasteiger partial charge >= 0.3 is 11.9 Å². The molecule has 0 amide bonds. The molecular weight excluding hydrogens is 220 g/mol. The van der Waals surface area contributed by atoms with Gasteiger partial charge in [0.1, 0.15) is 0 Å². The van der Waals surface area contributed by atoms with Crippen LogP contribution in [0.3, 0.4) is 0 Å². The van der Waals surface area contributed by atoms with E-state index in [9.17, 15) is 9.59 Å². The summed E-state index contributed by atoms with van der Waals surface area (Å²) in [6.07, 6.45) is 5.86. The lowest BCUT2D eigenvalue weighted by Crippen LogP contribution is -2.23. The summed E-state index contributed by atoms with van der Waals surface area (Å²) in [7, 11) is 1.36. The van der Waals surface area contributed by atoms with E-state index in [-0.39, 0.29) is 23.8 Å². The van der Waals surface area contributed by atoms with Crippen LogP contribution >= 0.6 is 0 Å². The molecule has 2 unspecified atom stereocenters. The van der Waals surface area contributed by atoms with Gasteiger partial charge in [-0.2, -0.15) is 0 Å². The fraction of sp³-hybridized carbons (Fsp3) is 0.538. The lowest BCUT2D eigenvalue weighted by molar-refractivity contribution is -0.145. The molecule has 1 aliphatic rings. The Morgan fingerprint density at radius 3 is 2.65 bits per heavy atom. The number of hydrogen-bond donors (Lipinski definition) is 0.